The summed E-state index contributed by atoms with van der Waals surface area (Å²) in [6.45, 7) is 3.96. The van der Waals surface area contributed by atoms with E-state index < -0.39 is 24.4 Å². The van der Waals surface area contributed by atoms with Crippen LogP contribution >= 0.6 is 0 Å². The number of hydrogen-bond donors (Lipinski definition) is 3. The normalized spacial score (nSPS) is 9.85. The number of carboxylic acids is 2. The van der Waals surface area contributed by atoms with Crippen LogP contribution in [0.5, 0.6) is 0 Å². The van der Waals surface area contributed by atoms with Gasteiger partial charge in [-0.15, -0.1) is 5.10 Å². The lowest BCUT2D eigenvalue weighted by Crippen LogP contribution is -2.17. The molecule has 0 aliphatic heterocycles. The summed E-state index contributed by atoms with van der Waals surface area (Å²) in [7, 11) is 0. The van der Waals surface area contributed by atoms with Gasteiger partial charge in [-0.3, -0.25) is 14.9 Å². The molecule has 0 saturated carbocycles. The monoisotopic (exact) mass is 377 g/mol. The molecule has 0 aliphatic carbocycles. The molecule has 0 bridgehead atoms. The van der Waals surface area contributed by atoms with E-state index in [1.165, 1.54) is 49.9 Å². The second-order valence-electron chi connectivity index (χ2n) is 5.55. The number of hydrogen-bond acceptors (Lipinski definition) is 6. The summed E-state index contributed by atoms with van der Waals surface area (Å²) < 4.78 is 0. The number of amides is 1. The average molecular weight is 377 g/mol. The van der Waals surface area contributed by atoms with Gasteiger partial charge in [-0.25, -0.2) is 4.79 Å². The maximum Gasteiger partial charge on any atom is 0.336 e. The highest BCUT2D eigenvalue weighted by atomic mass is 16.4. The molecule has 0 spiro atoms. The van der Waals surface area contributed by atoms with Crippen LogP contribution in [0.25, 0.3) is 0 Å². The topological polar surface area (TPSA) is 147 Å². The molecule has 1 aromatic heterocycles. The van der Waals surface area contributed by atoms with Crippen molar-refractivity contribution >= 4 is 23.8 Å². The lowest BCUT2D eigenvalue weighted by Gasteiger charge is -2.04. The zero-order valence-corrected chi connectivity index (χ0v) is 15.3. The van der Waals surface area contributed by atoms with E-state index in [1.807, 2.05) is 0 Å². The molecule has 0 radical (unpaired) electrons. The van der Waals surface area contributed by atoms with Crippen LogP contribution in [0.4, 0.5) is 5.95 Å². The largest absolute Gasteiger partial charge is 0.480 e. The number of unbranched alkanes of at least 4 members (excludes halogenated alkanes) is 3. The van der Waals surface area contributed by atoms with Crippen LogP contribution < -0.4 is 5.32 Å². The number of tetrazole rings is 1. The molecule has 2 aromatic rings. The molecule has 10 heteroatoms. The third-order valence-corrected chi connectivity index (χ3v) is 3.31. The molecular formula is C17H23N5O5. The Kier molecular flexibility index (Phi) is 9.13. The first-order chi connectivity index (χ1) is 12.9. The van der Waals surface area contributed by atoms with Gasteiger partial charge in [0.15, 0.2) is 6.54 Å². The molecule has 3 N–H and O–H groups in total. The Hall–Kier alpha value is -3.30. The number of carbonyl (C=O) groups is 3. The first-order valence-electron chi connectivity index (χ1n) is 8.52. The van der Waals surface area contributed by atoms with Crippen molar-refractivity contribution in [3.05, 3.63) is 35.4 Å². The third kappa shape index (κ3) is 7.63. The number of aromatic carboxylic acids is 1. The molecule has 0 saturated heterocycles. The molecule has 10 nitrogen and oxygen atoms in total. The van der Waals surface area contributed by atoms with Gasteiger partial charge in [-0.2, -0.15) is 4.80 Å². The van der Waals surface area contributed by atoms with Crippen LogP contribution in [-0.2, 0) is 11.3 Å². The van der Waals surface area contributed by atoms with Crippen molar-refractivity contribution in [2.45, 2.75) is 46.1 Å². The maximum atomic E-state index is 12.0. The quantitative estimate of drug-likeness (QED) is 0.594. The average Bonchev–Trinajstić information content (AvgIpc) is 3.06. The van der Waals surface area contributed by atoms with E-state index in [4.69, 9.17) is 10.2 Å². The lowest BCUT2D eigenvalue weighted by molar-refractivity contribution is -0.138. The van der Waals surface area contributed by atoms with Crippen LogP contribution in [0.2, 0.25) is 0 Å². The van der Waals surface area contributed by atoms with E-state index in [1.54, 1.807) is 0 Å². The second-order valence-corrected chi connectivity index (χ2v) is 5.55. The minimum Gasteiger partial charge on any atom is -0.480 e. The van der Waals surface area contributed by atoms with Crippen LogP contribution in [0, 0.1) is 0 Å². The maximum absolute atomic E-state index is 12.0. The van der Waals surface area contributed by atoms with Crippen LogP contribution in [0.3, 0.4) is 0 Å². The summed E-state index contributed by atoms with van der Waals surface area (Å²) >= 11 is 0. The highest BCUT2D eigenvalue weighted by molar-refractivity contribution is 6.10. The predicted octanol–water partition coefficient (Wildman–Crippen LogP) is 2.29. The molecule has 0 fully saturated rings. The number of carbonyl (C=O) groups excluding carboxylic acids is 1. The van der Waals surface area contributed by atoms with Gasteiger partial charge in [0, 0.05) is 0 Å². The Balaban J connectivity index is 0.000000527. The number of nitrogens with one attached hydrogen (secondary N) is 1. The van der Waals surface area contributed by atoms with E-state index in [-0.39, 0.29) is 17.1 Å². The fourth-order valence-electron chi connectivity index (χ4n) is 2.02. The molecule has 146 valence electrons. The number of anilines is 1. The van der Waals surface area contributed by atoms with Gasteiger partial charge in [0.05, 0.1) is 11.1 Å². The van der Waals surface area contributed by atoms with Crippen molar-refractivity contribution < 1.29 is 24.6 Å². The highest BCUT2D eigenvalue weighted by Gasteiger charge is 2.17. The van der Waals surface area contributed by atoms with Crippen LogP contribution in [0.15, 0.2) is 24.3 Å². The van der Waals surface area contributed by atoms with Crippen molar-refractivity contribution in [2.75, 3.05) is 5.32 Å². The van der Waals surface area contributed by atoms with Gasteiger partial charge in [0.2, 0.25) is 0 Å². The van der Waals surface area contributed by atoms with Crippen LogP contribution in [-0.4, -0.2) is 48.3 Å². The summed E-state index contributed by atoms with van der Waals surface area (Å²) in [5.41, 5.74) is -0.243. The number of benzene rings is 1. The Morgan fingerprint density at radius 1 is 1.04 bits per heavy atom. The summed E-state index contributed by atoms with van der Waals surface area (Å²) in [5, 5.41) is 30.3. The van der Waals surface area contributed by atoms with Crippen molar-refractivity contribution in [2.24, 2.45) is 0 Å². The Labute approximate surface area is 156 Å². The number of aromatic nitrogens is 4. The minimum atomic E-state index is -1.25. The summed E-state index contributed by atoms with van der Waals surface area (Å²) in [4.78, 5) is 34.2. The Morgan fingerprint density at radius 2 is 1.63 bits per heavy atom. The van der Waals surface area contributed by atoms with Gasteiger partial charge >= 0.3 is 11.9 Å². The molecule has 1 aromatic carbocycles. The zero-order chi connectivity index (χ0) is 20.2. The molecule has 0 unspecified atom stereocenters. The van der Waals surface area contributed by atoms with Gasteiger partial charge < -0.3 is 10.2 Å². The van der Waals surface area contributed by atoms with Crippen LogP contribution in [0.1, 0.15) is 60.2 Å². The number of rotatable bonds is 8. The van der Waals surface area contributed by atoms with E-state index in [9.17, 15) is 14.4 Å². The van der Waals surface area contributed by atoms with E-state index in [0.717, 1.165) is 4.80 Å². The molecule has 0 atom stereocenters. The molecule has 27 heavy (non-hydrogen) atoms. The fraction of sp³-hybridized carbons (Fsp3) is 0.412. The molecular weight excluding hydrogens is 354 g/mol. The first kappa shape index (κ1) is 21.7. The summed E-state index contributed by atoms with van der Waals surface area (Å²) in [5.74, 6) is -3.37. The zero-order valence-electron chi connectivity index (χ0n) is 15.3. The Morgan fingerprint density at radius 3 is 2.15 bits per heavy atom. The van der Waals surface area contributed by atoms with Crippen molar-refractivity contribution in [3.63, 3.8) is 0 Å². The first-order valence-corrected chi connectivity index (χ1v) is 8.52. The Bertz CT molecular complexity index is 771. The molecule has 0 aliphatic rings. The van der Waals surface area contributed by atoms with Gasteiger partial charge in [-0.05, 0) is 17.3 Å². The van der Waals surface area contributed by atoms with Gasteiger partial charge in [0.25, 0.3) is 11.9 Å². The highest BCUT2D eigenvalue weighted by Crippen LogP contribution is 2.10. The molecule has 2 rings (SSSR count). The molecule has 1 amide bonds. The van der Waals surface area contributed by atoms with Crippen molar-refractivity contribution in [1.82, 2.24) is 20.2 Å². The summed E-state index contributed by atoms with van der Waals surface area (Å²) in [6, 6.07) is 5.62. The van der Waals surface area contributed by atoms with E-state index >= 15 is 0 Å². The minimum absolute atomic E-state index is 0.0698. The number of carboxylic acid groups (broad SMARTS) is 2. The molecule has 1 heterocycles. The lowest BCUT2D eigenvalue weighted by atomic mass is 10.1. The van der Waals surface area contributed by atoms with Gasteiger partial charge in [-0.1, -0.05) is 56.8 Å². The standard InChI is InChI=1S/C11H9N5O5.C6H14/c17-8(18)5-16-14-11(13-15-16)12-9(19)6-3-1-2-4-7(6)10(20)21;1-3-5-6-4-2/h1-4H,5H2,(H,17,18)(H,20,21)(H,12,14,19);3-6H2,1-2H3. The van der Waals surface area contributed by atoms with E-state index in [2.05, 4.69) is 34.6 Å². The summed E-state index contributed by atoms with van der Waals surface area (Å²) in [6.07, 6.45) is 5.54. The third-order valence-electron chi connectivity index (χ3n) is 3.31. The van der Waals surface area contributed by atoms with E-state index in [0.29, 0.717) is 0 Å². The second kappa shape index (κ2) is 11.3. The predicted molar refractivity (Wildman–Crippen MR) is 96.6 cm³/mol. The fourth-order valence-corrected chi connectivity index (χ4v) is 2.02. The SMILES string of the molecule is CCCCCC.O=C(O)Cn1nnc(NC(=O)c2ccccc2C(=O)O)n1. The van der Waals surface area contributed by atoms with Crippen molar-refractivity contribution in [1.29, 1.82) is 0 Å². The van der Waals surface area contributed by atoms with Gasteiger partial charge in [0.1, 0.15) is 0 Å². The smallest absolute Gasteiger partial charge is 0.336 e. The number of nitrogens with zero attached hydrogens (tertiary/aromatic N) is 4. The van der Waals surface area contributed by atoms with Crippen molar-refractivity contribution in [3.8, 4) is 0 Å². The number of aliphatic carboxylic acids is 1.